The molecule has 0 aliphatic carbocycles. The highest BCUT2D eigenvalue weighted by molar-refractivity contribution is 5.70. The van der Waals surface area contributed by atoms with Crippen LogP contribution in [-0.4, -0.2) is 82.3 Å². The van der Waals surface area contributed by atoms with Gasteiger partial charge in [-0.3, -0.25) is 9.59 Å². The molecule has 0 aliphatic heterocycles. The monoisotopic (exact) mass is 1090 g/mol. The lowest BCUT2D eigenvalue weighted by atomic mass is 10.0. The zero-order valence-corrected chi connectivity index (χ0v) is 51.0. The van der Waals surface area contributed by atoms with E-state index in [-0.39, 0.29) is 38.6 Å². The molecule has 0 rings (SSSR count). The van der Waals surface area contributed by atoms with E-state index in [1.54, 1.807) is 0 Å². The molecule has 0 radical (unpaired) electrons. The first-order valence-electron chi connectivity index (χ1n) is 31.9. The molecule has 0 aliphatic rings. The number of hydrogen-bond donors (Lipinski definition) is 0. The molecule has 0 fully saturated rings. The van der Waals surface area contributed by atoms with Crippen LogP contribution in [0.15, 0.2) is 97.2 Å². The Bertz CT molecular complexity index is 1600. The van der Waals surface area contributed by atoms with E-state index in [9.17, 15) is 19.5 Å². The van der Waals surface area contributed by atoms with Gasteiger partial charge in [0.1, 0.15) is 13.2 Å². The highest BCUT2D eigenvalue weighted by Crippen LogP contribution is 2.16. The molecule has 9 nitrogen and oxygen atoms in total. The first-order valence-corrected chi connectivity index (χ1v) is 31.9. The number of allylic oxidation sites excluding steroid dienone is 16. The minimum atomic E-state index is -1.63. The number of carbonyl (C=O) groups excluding carboxylic acids is 3. The topological polar surface area (TPSA) is 111 Å². The van der Waals surface area contributed by atoms with Gasteiger partial charge < -0.3 is 33.3 Å². The molecule has 0 spiro atoms. The van der Waals surface area contributed by atoms with E-state index in [0.29, 0.717) is 17.4 Å². The summed E-state index contributed by atoms with van der Waals surface area (Å²) in [6, 6.07) is 0. The molecule has 2 atom stereocenters. The second-order valence-corrected chi connectivity index (χ2v) is 22.3. The van der Waals surface area contributed by atoms with Crippen molar-refractivity contribution in [3.05, 3.63) is 97.2 Å². The number of quaternary nitrogens is 1. The van der Waals surface area contributed by atoms with E-state index < -0.39 is 24.3 Å². The molecule has 78 heavy (non-hydrogen) atoms. The average molecular weight is 1090 g/mol. The molecule has 0 aromatic rings. The molecule has 0 N–H and O–H groups in total. The number of likely N-dealkylation sites (N-methyl/N-ethyl adjacent to an activating group) is 1. The van der Waals surface area contributed by atoms with Gasteiger partial charge in [0, 0.05) is 12.8 Å². The number of aliphatic carboxylic acids is 1. The maximum absolute atomic E-state index is 12.9. The van der Waals surface area contributed by atoms with Gasteiger partial charge in [0.05, 0.1) is 40.3 Å². The molecule has 0 heterocycles. The van der Waals surface area contributed by atoms with Gasteiger partial charge in [-0.2, -0.15) is 0 Å². The molecule has 0 bridgehead atoms. The van der Waals surface area contributed by atoms with Gasteiger partial charge in [0.15, 0.2) is 12.4 Å². The number of carboxylic acids is 1. The lowest BCUT2D eigenvalue weighted by Crippen LogP contribution is -2.44. The van der Waals surface area contributed by atoms with Crippen molar-refractivity contribution in [2.75, 3.05) is 47.5 Å². The van der Waals surface area contributed by atoms with Gasteiger partial charge in [-0.05, 0) is 96.3 Å². The van der Waals surface area contributed by atoms with Crippen LogP contribution >= 0.6 is 0 Å². The number of unbranched alkanes of at least 4 members (excludes halogenated alkanes) is 27. The summed E-state index contributed by atoms with van der Waals surface area (Å²) in [4.78, 5) is 37.3. The van der Waals surface area contributed by atoms with E-state index in [0.717, 1.165) is 103 Å². The summed E-state index contributed by atoms with van der Waals surface area (Å²) in [5, 5.41) is 11.8. The Balaban J connectivity index is 4.10. The van der Waals surface area contributed by atoms with E-state index in [4.69, 9.17) is 18.9 Å². The number of nitrogens with zero attached hydrogens (tertiary/aromatic N) is 1. The third-order valence-electron chi connectivity index (χ3n) is 13.6. The maximum atomic E-state index is 12.9. The second kappa shape index (κ2) is 59.3. The molecule has 0 aromatic heterocycles. The lowest BCUT2D eigenvalue weighted by Gasteiger charge is -2.26. The summed E-state index contributed by atoms with van der Waals surface area (Å²) in [5.41, 5.74) is 0. The number of carboxylic acid groups (broad SMARTS) is 1. The molecule has 448 valence electrons. The largest absolute Gasteiger partial charge is 0.545 e. The summed E-state index contributed by atoms with van der Waals surface area (Å²) < 4.78 is 22.7. The van der Waals surface area contributed by atoms with Crippen LogP contribution in [0.4, 0.5) is 0 Å². The second-order valence-electron chi connectivity index (χ2n) is 22.3. The first-order chi connectivity index (χ1) is 38.1. The molecule has 0 aromatic carbocycles. The third-order valence-corrected chi connectivity index (χ3v) is 13.6. The quantitative estimate of drug-likeness (QED) is 0.0195. The number of ether oxygens (including phenoxy) is 4. The Morgan fingerprint density at radius 2 is 0.731 bits per heavy atom. The van der Waals surface area contributed by atoms with Crippen LogP contribution in [0.2, 0.25) is 0 Å². The third kappa shape index (κ3) is 59.9. The highest BCUT2D eigenvalue weighted by Gasteiger charge is 2.22. The highest BCUT2D eigenvalue weighted by atomic mass is 16.7. The SMILES string of the molecule is CC/C=C\C/C=C\C/C=C\C/C=C\C/C=C\C/C=C\C/C=C\CCCCCCCCCCCCCCCCCC(=O)OC(COC(=O)CCCCCCC/C=C\CCCCCCCCC)COC(OCC[N+](C)(C)C)C(=O)[O-]. The van der Waals surface area contributed by atoms with Crippen molar-refractivity contribution in [2.24, 2.45) is 0 Å². The summed E-state index contributed by atoms with van der Waals surface area (Å²) in [6.45, 7) is 4.63. The molecule has 9 heteroatoms. The van der Waals surface area contributed by atoms with Crippen molar-refractivity contribution < 1.29 is 42.9 Å². The Morgan fingerprint density at radius 3 is 1.10 bits per heavy atom. The van der Waals surface area contributed by atoms with Crippen molar-refractivity contribution in [1.29, 1.82) is 0 Å². The van der Waals surface area contributed by atoms with Crippen molar-refractivity contribution in [2.45, 2.75) is 277 Å². The summed E-state index contributed by atoms with van der Waals surface area (Å²) in [6.07, 6.45) is 77.6. The average Bonchev–Trinajstić information content (AvgIpc) is 3.41. The van der Waals surface area contributed by atoms with Crippen molar-refractivity contribution >= 4 is 17.9 Å². The minimum Gasteiger partial charge on any atom is -0.545 e. The van der Waals surface area contributed by atoms with Gasteiger partial charge in [-0.1, -0.05) is 252 Å². The fourth-order valence-corrected chi connectivity index (χ4v) is 8.69. The molecule has 0 saturated carbocycles. The molecular weight excluding hydrogens is 971 g/mol. The normalized spacial score (nSPS) is 13.4. The van der Waals surface area contributed by atoms with Gasteiger partial charge in [0.2, 0.25) is 0 Å². The number of rotatable bonds is 58. The predicted octanol–water partition coefficient (Wildman–Crippen LogP) is 18.0. The number of carbonyl (C=O) groups is 3. The molecule has 2 unspecified atom stereocenters. The predicted molar refractivity (Wildman–Crippen MR) is 329 cm³/mol. The number of esters is 2. The van der Waals surface area contributed by atoms with E-state index in [1.807, 2.05) is 21.1 Å². The summed E-state index contributed by atoms with van der Waals surface area (Å²) >= 11 is 0. The summed E-state index contributed by atoms with van der Waals surface area (Å²) in [5.74, 6) is -2.29. The maximum Gasteiger partial charge on any atom is 0.306 e. The fourth-order valence-electron chi connectivity index (χ4n) is 8.69. The van der Waals surface area contributed by atoms with E-state index >= 15 is 0 Å². The van der Waals surface area contributed by atoms with Crippen LogP contribution in [0.5, 0.6) is 0 Å². The smallest absolute Gasteiger partial charge is 0.306 e. The van der Waals surface area contributed by atoms with Crippen molar-refractivity contribution in [3.8, 4) is 0 Å². The van der Waals surface area contributed by atoms with Crippen LogP contribution in [0.3, 0.4) is 0 Å². The Hall–Kier alpha value is -3.79. The minimum absolute atomic E-state index is 0.144. The van der Waals surface area contributed by atoms with Gasteiger partial charge in [0.25, 0.3) is 0 Å². The van der Waals surface area contributed by atoms with Gasteiger partial charge >= 0.3 is 11.9 Å². The Kier molecular flexibility index (Phi) is 56.5. The van der Waals surface area contributed by atoms with Crippen LogP contribution in [0, 0.1) is 0 Å². The summed E-state index contributed by atoms with van der Waals surface area (Å²) in [7, 11) is 5.92. The van der Waals surface area contributed by atoms with Crippen LogP contribution < -0.4 is 5.11 Å². The Morgan fingerprint density at radius 1 is 0.397 bits per heavy atom. The standard InChI is InChI=1S/C69H119NO8/c1-6-8-10-12-14-16-18-20-22-24-25-26-27-28-29-30-31-32-33-34-35-36-37-38-39-40-41-42-43-44-46-48-50-52-54-56-58-60-67(72)78-65(64-77-69(68(73)74)75-62-61-70(3,4)5)63-76-66(71)59-57-55-53-51-49-47-45-23-21-19-17-15-13-11-9-7-2/h8,10,14,16,20,22-23,25-26,28-29,31-32,34-35,45,65,69H,6-7,9,11-13,15,17-19,21,24,27,30,33,36-44,46-64H2,1-5H3/b10-8-,16-14-,22-20-,26-25-,29-28-,32-31-,35-34-,45-23-. The lowest BCUT2D eigenvalue weighted by molar-refractivity contribution is -0.870. The first kappa shape index (κ1) is 74.2. The molecular formula is C69H119NO8. The molecule has 0 amide bonds. The molecule has 0 saturated heterocycles. The van der Waals surface area contributed by atoms with Crippen LogP contribution in [0.1, 0.15) is 264 Å². The Labute approximate surface area is 480 Å². The van der Waals surface area contributed by atoms with Gasteiger partial charge in [-0.15, -0.1) is 0 Å². The zero-order chi connectivity index (χ0) is 56.9. The van der Waals surface area contributed by atoms with E-state index in [2.05, 4.69) is 111 Å². The zero-order valence-electron chi connectivity index (χ0n) is 51.0. The van der Waals surface area contributed by atoms with Crippen molar-refractivity contribution in [3.63, 3.8) is 0 Å². The van der Waals surface area contributed by atoms with Gasteiger partial charge in [-0.25, -0.2) is 0 Å². The van der Waals surface area contributed by atoms with Crippen LogP contribution in [-0.2, 0) is 33.3 Å². The van der Waals surface area contributed by atoms with Crippen molar-refractivity contribution in [1.82, 2.24) is 0 Å². The van der Waals surface area contributed by atoms with Crippen LogP contribution in [0.25, 0.3) is 0 Å². The number of hydrogen-bond acceptors (Lipinski definition) is 8. The van der Waals surface area contributed by atoms with E-state index in [1.165, 1.54) is 128 Å². The fraction of sp³-hybridized carbons (Fsp3) is 0.725.